The van der Waals surface area contributed by atoms with Crippen LogP contribution in [-0.4, -0.2) is 4.98 Å². The Balaban J connectivity index is 2.32. The van der Waals surface area contributed by atoms with Gasteiger partial charge in [0.2, 0.25) is 0 Å². The Morgan fingerprint density at radius 3 is 2.78 bits per heavy atom. The van der Waals surface area contributed by atoms with Crippen LogP contribution in [0.25, 0.3) is 0 Å². The average Bonchev–Trinajstić information content (AvgIpc) is 2.39. The molecule has 2 aromatic rings. The Kier molecular flexibility index (Phi) is 4.03. The lowest BCUT2D eigenvalue weighted by Crippen LogP contribution is -1.90. The molecule has 0 saturated heterocycles. The van der Waals surface area contributed by atoms with Crippen molar-refractivity contribution in [3.63, 3.8) is 0 Å². The van der Waals surface area contributed by atoms with Crippen molar-refractivity contribution in [2.24, 2.45) is 0 Å². The van der Waals surface area contributed by atoms with E-state index in [2.05, 4.69) is 11.1 Å². The molecule has 0 aliphatic carbocycles. The molecular weight excluding hydrogens is 271 g/mol. The molecular formula is C13H8Cl2N2O. The number of alkyl halides is 1. The molecule has 0 N–H and O–H groups in total. The van der Waals surface area contributed by atoms with Gasteiger partial charge in [-0.25, -0.2) is 0 Å². The number of benzene rings is 1. The van der Waals surface area contributed by atoms with Crippen molar-refractivity contribution in [1.29, 1.82) is 5.26 Å². The zero-order valence-electron chi connectivity index (χ0n) is 9.23. The first-order valence-electron chi connectivity index (χ1n) is 5.10. The first kappa shape index (κ1) is 12.7. The summed E-state index contributed by atoms with van der Waals surface area (Å²) in [5, 5.41) is 9.53. The van der Waals surface area contributed by atoms with E-state index in [1.165, 1.54) is 12.4 Å². The third-order valence-electron chi connectivity index (χ3n) is 2.23. The molecule has 1 heterocycles. The van der Waals surface area contributed by atoms with Crippen LogP contribution in [0.3, 0.4) is 0 Å². The van der Waals surface area contributed by atoms with E-state index < -0.39 is 0 Å². The van der Waals surface area contributed by atoms with Gasteiger partial charge in [-0.3, -0.25) is 4.98 Å². The van der Waals surface area contributed by atoms with Gasteiger partial charge in [-0.2, -0.15) is 5.26 Å². The summed E-state index contributed by atoms with van der Waals surface area (Å²) in [6.07, 6.45) is 3.04. The van der Waals surface area contributed by atoms with Crippen LogP contribution < -0.4 is 4.74 Å². The maximum atomic E-state index is 9.06. The van der Waals surface area contributed by atoms with Gasteiger partial charge in [-0.15, -0.1) is 11.6 Å². The first-order chi connectivity index (χ1) is 8.72. The normalized spacial score (nSPS) is 9.83. The van der Waals surface area contributed by atoms with Crippen LogP contribution in [-0.2, 0) is 5.88 Å². The minimum absolute atomic E-state index is 0.355. The molecule has 18 heavy (non-hydrogen) atoms. The van der Waals surface area contributed by atoms with Crippen molar-refractivity contribution < 1.29 is 4.74 Å². The number of hydrogen-bond acceptors (Lipinski definition) is 3. The molecule has 2 rings (SSSR count). The largest absolute Gasteiger partial charge is 0.454 e. The van der Waals surface area contributed by atoms with Crippen LogP contribution in [0.2, 0.25) is 5.02 Å². The van der Waals surface area contributed by atoms with Crippen molar-refractivity contribution in [1.82, 2.24) is 4.98 Å². The molecule has 0 saturated carbocycles. The second-order valence-electron chi connectivity index (χ2n) is 3.52. The number of rotatable bonds is 3. The number of aromatic nitrogens is 1. The Morgan fingerprint density at radius 1 is 1.28 bits per heavy atom. The van der Waals surface area contributed by atoms with Gasteiger partial charge in [0, 0.05) is 18.1 Å². The van der Waals surface area contributed by atoms with Gasteiger partial charge in [0.25, 0.3) is 0 Å². The summed E-state index contributed by atoms with van der Waals surface area (Å²) in [5.74, 6) is 1.29. The van der Waals surface area contributed by atoms with E-state index >= 15 is 0 Å². The van der Waals surface area contributed by atoms with Crippen LogP contribution in [0, 0.1) is 11.3 Å². The number of hydrogen-bond donors (Lipinski definition) is 0. The molecule has 0 aliphatic rings. The topological polar surface area (TPSA) is 45.9 Å². The third-order valence-corrected chi connectivity index (χ3v) is 2.74. The van der Waals surface area contributed by atoms with E-state index in [-0.39, 0.29) is 0 Å². The van der Waals surface area contributed by atoms with Crippen molar-refractivity contribution >= 4 is 23.2 Å². The van der Waals surface area contributed by atoms with Crippen LogP contribution in [0.5, 0.6) is 11.5 Å². The summed E-state index contributed by atoms with van der Waals surface area (Å²) in [7, 11) is 0. The predicted molar refractivity (Wildman–Crippen MR) is 70.0 cm³/mol. The van der Waals surface area contributed by atoms with Gasteiger partial charge in [0.1, 0.15) is 17.6 Å². The third kappa shape index (κ3) is 2.92. The molecule has 0 fully saturated rings. The average molecular weight is 279 g/mol. The number of pyridine rings is 1. The highest BCUT2D eigenvalue weighted by Crippen LogP contribution is 2.27. The summed E-state index contributed by atoms with van der Waals surface area (Å²) < 4.78 is 5.57. The molecule has 0 aliphatic heterocycles. The van der Waals surface area contributed by atoms with E-state index in [1.54, 1.807) is 24.3 Å². The highest BCUT2D eigenvalue weighted by Gasteiger charge is 2.06. The highest BCUT2D eigenvalue weighted by atomic mass is 35.5. The van der Waals surface area contributed by atoms with Gasteiger partial charge in [0.15, 0.2) is 0 Å². The molecule has 90 valence electrons. The molecule has 0 radical (unpaired) electrons. The molecule has 3 nitrogen and oxygen atoms in total. The number of ether oxygens (including phenoxy) is 1. The number of nitriles is 1. The molecule has 0 bridgehead atoms. The van der Waals surface area contributed by atoms with Gasteiger partial charge < -0.3 is 4.74 Å². The lowest BCUT2D eigenvalue weighted by atomic mass is 10.1. The number of halogens is 2. The Hall–Kier alpha value is -1.76. The van der Waals surface area contributed by atoms with Crippen molar-refractivity contribution in [3.8, 4) is 17.6 Å². The summed E-state index contributed by atoms with van der Waals surface area (Å²) >= 11 is 11.5. The molecule has 0 atom stereocenters. The van der Waals surface area contributed by atoms with Gasteiger partial charge >= 0.3 is 0 Å². The lowest BCUT2D eigenvalue weighted by molar-refractivity contribution is 0.478. The standard InChI is InChI=1S/C13H8Cl2N2O/c14-5-9-1-2-13(10(3-9)6-16)18-12-4-11(15)7-17-8-12/h1-4,7-8H,5H2. The summed E-state index contributed by atoms with van der Waals surface area (Å²) in [6, 6.07) is 8.91. The molecule has 1 aromatic heterocycles. The van der Waals surface area contributed by atoms with E-state index in [0.717, 1.165) is 5.56 Å². The van der Waals surface area contributed by atoms with E-state index in [9.17, 15) is 0 Å². The zero-order valence-corrected chi connectivity index (χ0v) is 10.7. The van der Waals surface area contributed by atoms with Crippen LogP contribution in [0.1, 0.15) is 11.1 Å². The lowest BCUT2D eigenvalue weighted by Gasteiger charge is -2.08. The van der Waals surface area contributed by atoms with Crippen molar-refractivity contribution in [2.45, 2.75) is 5.88 Å². The predicted octanol–water partition coefficient (Wildman–Crippen LogP) is 4.14. The fraction of sp³-hybridized carbons (Fsp3) is 0.0769. The molecule has 0 spiro atoms. The monoisotopic (exact) mass is 278 g/mol. The fourth-order valence-electron chi connectivity index (χ4n) is 1.41. The number of nitrogens with zero attached hydrogens (tertiary/aromatic N) is 2. The quantitative estimate of drug-likeness (QED) is 0.793. The summed E-state index contributed by atoms with van der Waals surface area (Å²) in [5.41, 5.74) is 1.29. The van der Waals surface area contributed by atoms with Crippen molar-refractivity contribution in [2.75, 3.05) is 0 Å². The van der Waals surface area contributed by atoms with E-state index in [0.29, 0.717) is 28.0 Å². The summed E-state index contributed by atoms with van der Waals surface area (Å²) in [6.45, 7) is 0. The smallest absolute Gasteiger partial charge is 0.147 e. The SMILES string of the molecule is N#Cc1cc(CCl)ccc1Oc1cncc(Cl)c1. The minimum Gasteiger partial charge on any atom is -0.454 e. The highest BCUT2D eigenvalue weighted by molar-refractivity contribution is 6.30. The summed E-state index contributed by atoms with van der Waals surface area (Å²) in [4.78, 5) is 3.91. The molecule has 1 aromatic carbocycles. The molecule has 0 amide bonds. The molecule has 5 heteroatoms. The second kappa shape index (κ2) is 5.72. The van der Waals surface area contributed by atoms with Gasteiger partial charge in [-0.1, -0.05) is 17.7 Å². The molecule has 0 unspecified atom stereocenters. The van der Waals surface area contributed by atoms with Crippen LogP contribution in [0.4, 0.5) is 0 Å². The van der Waals surface area contributed by atoms with Crippen LogP contribution in [0.15, 0.2) is 36.7 Å². The van der Waals surface area contributed by atoms with Crippen molar-refractivity contribution in [3.05, 3.63) is 52.8 Å². The second-order valence-corrected chi connectivity index (χ2v) is 4.22. The first-order valence-corrected chi connectivity index (χ1v) is 6.01. The van der Waals surface area contributed by atoms with Gasteiger partial charge in [0.05, 0.1) is 16.8 Å². The van der Waals surface area contributed by atoms with Gasteiger partial charge in [-0.05, 0) is 17.7 Å². The minimum atomic E-state index is 0.355. The Morgan fingerprint density at radius 2 is 2.11 bits per heavy atom. The zero-order chi connectivity index (χ0) is 13.0. The van der Waals surface area contributed by atoms with E-state index in [4.69, 9.17) is 33.2 Å². The van der Waals surface area contributed by atoms with E-state index in [1.807, 2.05) is 0 Å². The maximum Gasteiger partial charge on any atom is 0.147 e. The Labute approximate surface area is 115 Å². The fourth-order valence-corrected chi connectivity index (χ4v) is 1.74. The maximum absolute atomic E-state index is 9.06. The van der Waals surface area contributed by atoms with Crippen LogP contribution >= 0.6 is 23.2 Å². The Bertz CT molecular complexity index is 608.